The summed E-state index contributed by atoms with van der Waals surface area (Å²) in [6.07, 6.45) is -0.849. The van der Waals surface area contributed by atoms with E-state index in [9.17, 15) is 13.5 Å². The highest BCUT2D eigenvalue weighted by Crippen LogP contribution is 2.16. The maximum atomic E-state index is 12.1. The van der Waals surface area contributed by atoms with Crippen LogP contribution in [0, 0.1) is 0 Å². The van der Waals surface area contributed by atoms with Gasteiger partial charge in [-0.15, -0.1) is 0 Å². The third-order valence-corrected chi connectivity index (χ3v) is 4.47. The summed E-state index contributed by atoms with van der Waals surface area (Å²) in [6, 6.07) is 6.81. The van der Waals surface area contributed by atoms with Gasteiger partial charge in [0.05, 0.1) is 18.5 Å². The number of aliphatic hydroxyl groups excluding tert-OH is 1. The van der Waals surface area contributed by atoms with Gasteiger partial charge in [0.2, 0.25) is 10.0 Å². The fraction of sp³-hybridized carbons (Fsp3) is 0.500. The van der Waals surface area contributed by atoms with Crippen LogP contribution in [0.15, 0.2) is 24.3 Å². The molecule has 1 unspecified atom stereocenters. The highest BCUT2D eigenvalue weighted by molar-refractivity contribution is 7.88. The molecule has 7 heteroatoms. The number of anilines is 1. The molecule has 1 atom stereocenters. The zero-order valence-electron chi connectivity index (χ0n) is 11.1. The van der Waals surface area contributed by atoms with E-state index >= 15 is 0 Å². The predicted molar refractivity (Wildman–Crippen MR) is 74.0 cm³/mol. The van der Waals surface area contributed by atoms with Gasteiger partial charge in [-0.05, 0) is 11.6 Å². The van der Waals surface area contributed by atoms with E-state index in [1.807, 2.05) is 0 Å². The molecule has 0 saturated heterocycles. The first-order valence-electron chi connectivity index (χ1n) is 5.81. The molecule has 0 aliphatic heterocycles. The molecule has 1 aromatic carbocycles. The van der Waals surface area contributed by atoms with Crippen molar-refractivity contribution in [2.75, 3.05) is 33.0 Å². The van der Waals surface area contributed by atoms with Crippen LogP contribution in [-0.2, 0) is 20.5 Å². The Balaban J connectivity index is 2.73. The number of benzene rings is 1. The molecular weight excluding hydrogens is 268 g/mol. The van der Waals surface area contributed by atoms with E-state index in [2.05, 4.69) is 0 Å². The van der Waals surface area contributed by atoms with Crippen LogP contribution in [0.2, 0.25) is 0 Å². The van der Waals surface area contributed by atoms with Crippen LogP contribution < -0.4 is 5.73 Å². The van der Waals surface area contributed by atoms with Crippen molar-refractivity contribution < 1.29 is 18.3 Å². The normalized spacial score (nSPS) is 13.7. The zero-order chi connectivity index (χ0) is 14.5. The first-order chi connectivity index (χ1) is 8.86. The summed E-state index contributed by atoms with van der Waals surface area (Å²) in [5.41, 5.74) is 6.72. The Morgan fingerprint density at radius 1 is 1.42 bits per heavy atom. The second-order valence-corrected chi connectivity index (χ2v) is 6.42. The molecule has 0 aromatic heterocycles. The molecule has 0 aliphatic rings. The lowest BCUT2D eigenvalue weighted by Gasteiger charge is -2.20. The van der Waals surface area contributed by atoms with Crippen LogP contribution >= 0.6 is 0 Å². The number of para-hydroxylation sites is 1. The van der Waals surface area contributed by atoms with Crippen LogP contribution in [0.4, 0.5) is 5.69 Å². The smallest absolute Gasteiger partial charge is 0.218 e. The number of nitrogen functional groups attached to an aromatic ring is 1. The molecule has 0 bridgehead atoms. The van der Waals surface area contributed by atoms with Crippen LogP contribution in [0.3, 0.4) is 0 Å². The first-order valence-corrected chi connectivity index (χ1v) is 7.42. The van der Waals surface area contributed by atoms with Gasteiger partial charge in [-0.25, -0.2) is 12.7 Å². The molecule has 0 amide bonds. The summed E-state index contributed by atoms with van der Waals surface area (Å²) in [5, 5.41) is 9.55. The number of rotatable bonds is 7. The average Bonchev–Trinajstić information content (AvgIpc) is 2.32. The number of sulfonamides is 1. The summed E-state index contributed by atoms with van der Waals surface area (Å²) in [5.74, 6) is -0.185. The van der Waals surface area contributed by atoms with Gasteiger partial charge in [0.1, 0.15) is 0 Å². The van der Waals surface area contributed by atoms with E-state index in [4.69, 9.17) is 10.5 Å². The van der Waals surface area contributed by atoms with Gasteiger partial charge in [0.15, 0.2) is 0 Å². The van der Waals surface area contributed by atoms with Gasteiger partial charge in [-0.1, -0.05) is 18.2 Å². The van der Waals surface area contributed by atoms with Crippen molar-refractivity contribution in [1.82, 2.24) is 4.31 Å². The molecule has 6 nitrogen and oxygen atoms in total. The lowest BCUT2D eigenvalue weighted by Crippen LogP contribution is -2.37. The lowest BCUT2D eigenvalue weighted by atomic mass is 10.2. The van der Waals surface area contributed by atoms with Gasteiger partial charge in [-0.2, -0.15) is 0 Å². The number of nitrogens with two attached hydrogens (primary N) is 1. The Labute approximate surface area is 113 Å². The maximum absolute atomic E-state index is 12.1. The third-order valence-electron chi connectivity index (χ3n) is 2.69. The number of methoxy groups -OCH3 is 1. The van der Waals surface area contributed by atoms with Crippen molar-refractivity contribution in [3.05, 3.63) is 29.8 Å². The Morgan fingerprint density at radius 3 is 2.63 bits per heavy atom. The van der Waals surface area contributed by atoms with Crippen molar-refractivity contribution in [3.63, 3.8) is 0 Å². The van der Waals surface area contributed by atoms with Crippen LogP contribution in [0.5, 0.6) is 0 Å². The van der Waals surface area contributed by atoms with Gasteiger partial charge in [0.25, 0.3) is 0 Å². The minimum Gasteiger partial charge on any atom is -0.398 e. The van der Waals surface area contributed by atoms with Crippen LogP contribution in [-0.4, -0.2) is 51.2 Å². The molecule has 1 rings (SSSR count). The number of ether oxygens (including phenoxy) is 1. The average molecular weight is 288 g/mol. The molecule has 0 saturated carbocycles. The summed E-state index contributed by atoms with van der Waals surface area (Å²) in [6.45, 7) is 0.0796. The van der Waals surface area contributed by atoms with Crippen molar-refractivity contribution in [1.29, 1.82) is 0 Å². The molecular formula is C12H20N2O4S. The number of likely N-dealkylation sites (N-methyl/N-ethyl adjacent to an activating group) is 1. The Bertz CT molecular complexity index is 504. The Kier molecular flexibility index (Phi) is 5.74. The quantitative estimate of drug-likeness (QED) is 0.691. The minimum atomic E-state index is -3.51. The molecule has 3 N–H and O–H groups in total. The molecule has 108 valence electrons. The van der Waals surface area contributed by atoms with E-state index < -0.39 is 16.1 Å². The molecule has 0 fully saturated rings. The lowest BCUT2D eigenvalue weighted by molar-refractivity contribution is 0.0554. The van der Waals surface area contributed by atoms with Gasteiger partial charge >= 0.3 is 0 Å². The summed E-state index contributed by atoms with van der Waals surface area (Å²) >= 11 is 0. The van der Waals surface area contributed by atoms with Gasteiger partial charge in [0, 0.05) is 26.4 Å². The molecule has 0 heterocycles. The standard InChI is InChI=1S/C12H20N2O4S/c1-14(7-11(15)8-18-2)19(16,17)9-10-5-3-4-6-12(10)13/h3-6,11,15H,7-9,13H2,1-2H3. The van der Waals surface area contributed by atoms with Crippen LogP contribution in [0.1, 0.15) is 5.56 Å². The maximum Gasteiger partial charge on any atom is 0.218 e. The fourth-order valence-corrected chi connectivity index (χ4v) is 2.90. The minimum absolute atomic E-state index is 0.0110. The Hall–Kier alpha value is -1.15. The number of aliphatic hydroxyl groups is 1. The topological polar surface area (TPSA) is 92.9 Å². The SMILES string of the molecule is COCC(O)CN(C)S(=O)(=O)Cc1ccccc1N. The third kappa shape index (κ3) is 4.79. The molecule has 0 radical (unpaired) electrons. The highest BCUT2D eigenvalue weighted by Gasteiger charge is 2.22. The zero-order valence-corrected chi connectivity index (χ0v) is 11.9. The Morgan fingerprint density at radius 2 is 2.05 bits per heavy atom. The van der Waals surface area contributed by atoms with Crippen molar-refractivity contribution >= 4 is 15.7 Å². The van der Waals surface area contributed by atoms with Gasteiger partial charge < -0.3 is 15.6 Å². The van der Waals surface area contributed by atoms with Crippen molar-refractivity contribution in [2.45, 2.75) is 11.9 Å². The summed E-state index contributed by atoms with van der Waals surface area (Å²) in [4.78, 5) is 0. The van der Waals surface area contributed by atoms with Crippen molar-refractivity contribution in [3.8, 4) is 0 Å². The molecule has 19 heavy (non-hydrogen) atoms. The monoisotopic (exact) mass is 288 g/mol. The molecule has 0 aliphatic carbocycles. The van der Waals surface area contributed by atoms with Crippen molar-refractivity contribution in [2.24, 2.45) is 0 Å². The van der Waals surface area contributed by atoms with E-state index in [0.717, 1.165) is 4.31 Å². The van der Waals surface area contributed by atoms with E-state index in [-0.39, 0.29) is 18.9 Å². The highest BCUT2D eigenvalue weighted by atomic mass is 32.2. The second-order valence-electron chi connectivity index (χ2n) is 4.34. The summed E-state index contributed by atoms with van der Waals surface area (Å²) < 4.78 is 30.1. The molecule has 1 aromatic rings. The van der Waals surface area contributed by atoms with Crippen LogP contribution in [0.25, 0.3) is 0 Å². The van der Waals surface area contributed by atoms with E-state index in [0.29, 0.717) is 11.3 Å². The molecule has 0 spiro atoms. The second kappa shape index (κ2) is 6.85. The largest absolute Gasteiger partial charge is 0.398 e. The first kappa shape index (κ1) is 15.9. The number of hydrogen-bond acceptors (Lipinski definition) is 5. The van der Waals surface area contributed by atoms with E-state index in [1.54, 1.807) is 24.3 Å². The number of nitrogens with zero attached hydrogens (tertiary/aromatic N) is 1. The van der Waals surface area contributed by atoms with Gasteiger partial charge in [-0.3, -0.25) is 0 Å². The number of hydrogen-bond donors (Lipinski definition) is 2. The van der Waals surface area contributed by atoms with E-state index in [1.165, 1.54) is 14.2 Å². The summed E-state index contributed by atoms with van der Waals surface area (Å²) in [7, 11) is -0.641. The fourth-order valence-electron chi connectivity index (χ4n) is 1.63. The predicted octanol–water partition coefficient (Wildman–Crippen LogP) is 0.0377.